The van der Waals surface area contributed by atoms with Crippen molar-refractivity contribution in [3.8, 4) is 0 Å². The number of benzene rings is 1. The molecule has 0 bridgehead atoms. The quantitative estimate of drug-likeness (QED) is 0.687. The van der Waals surface area contributed by atoms with Crippen molar-refractivity contribution in [1.82, 2.24) is 14.9 Å². The Kier molecular flexibility index (Phi) is 4.71. The normalized spacial score (nSPS) is 18.2. The van der Waals surface area contributed by atoms with E-state index in [4.69, 9.17) is 11.6 Å². The van der Waals surface area contributed by atoms with Gasteiger partial charge in [0, 0.05) is 66.8 Å². The first-order chi connectivity index (χ1) is 13.4. The highest BCUT2D eigenvalue weighted by Crippen LogP contribution is 2.44. The third kappa shape index (κ3) is 3.20. The molecule has 7 nitrogen and oxygen atoms in total. The lowest BCUT2D eigenvalue weighted by molar-refractivity contribution is -0.144. The lowest BCUT2D eigenvalue weighted by Crippen LogP contribution is -2.54. The topological polar surface area (TPSA) is 69.6 Å². The molecule has 1 aromatic heterocycles. The van der Waals surface area contributed by atoms with Crippen LogP contribution in [0.25, 0.3) is 0 Å². The van der Waals surface area contributed by atoms with Crippen LogP contribution in [0.3, 0.4) is 0 Å². The molecule has 0 aliphatic carbocycles. The molecule has 0 unspecified atom stereocenters. The first kappa shape index (κ1) is 18.7. The number of nitrogens with zero attached hydrogens (tertiary/aromatic N) is 5. The van der Waals surface area contributed by atoms with Gasteiger partial charge in [-0.05, 0) is 18.2 Å². The number of amides is 2. The molecule has 146 valence electrons. The van der Waals surface area contributed by atoms with E-state index in [1.807, 2.05) is 36.9 Å². The lowest BCUT2D eigenvalue weighted by Gasteiger charge is -2.35. The van der Waals surface area contributed by atoms with Crippen LogP contribution < -0.4 is 9.80 Å². The zero-order chi connectivity index (χ0) is 19.9. The fourth-order valence-corrected chi connectivity index (χ4v) is 4.39. The van der Waals surface area contributed by atoms with Gasteiger partial charge >= 0.3 is 11.8 Å². The average Bonchev–Trinajstić information content (AvgIpc) is 3.00. The zero-order valence-electron chi connectivity index (χ0n) is 15.9. The van der Waals surface area contributed by atoms with Crippen LogP contribution in [0.5, 0.6) is 0 Å². The Labute approximate surface area is 168 Å². The Morgan fingerprint density at radius 1 is 1.00 bits per heavy atom. The molecule has 2 amide bonds. The molecule has 2 aliphatic heterocycles. The number of carbonyl (C=O) groups is 2. The summed E-state index contributed by atoms with van der Waals surface area (Å²) in [4.78, 5) is 39.6. The van der Waals surface area contributed by atoms with Crippen molar-refractivity contribution in [3.05, 3.63) is 47.2 Å². The van der Waals surface area contributed by atoms with Crippen molar-refractivity contribution >= 4 is 35.1 Å². The van der Waals surface area contributed by atoms with Gasteiger partial charge in [0.05, 0.1) is 0 Å². The van der Waals surface area contributed by atoms with E-state index < -0.39 is 11.8 Å². The van der Waals surface area contributed by atoms with Crippen LogP contribution >= 0.6 is 11.6 Å². The number of hydrogen-bond donors (Lipinski definition) is 0. The van der Waals surface area contributed by atoms with Gasteiger partial charge in [0.2, 0.25) is 5.95 Å². The molecule has 0 atom stereocenters. The van der Waals surface area contributed by atoms with Gasteiger partial charge < -0.3 is 14.7 Å². The van der Waals surface area contributed by atoms with Crippen LogP contribution in [0.15, 0.2) is 36.7 Å². The molecule has 8 heteroatoms. The zero-order valence-corrected chi connectivity index (χ0v) is 16.7. The summed E-state index contributed by atoms with van der Waals surface area (Å²) in [6.07, 6.45) is 3.39. The van der Waals surface area contributed by atoms with Crippen LogP contribution in [0.4, 0.5) is 11.6 Å². The monoisotopic (exact) mass is 399 g/mol. The molecule has 0 N–H and O–H groups in total. The molecular weight excluding hydrogens is 378 g/mol. The second-order valence-electron chi connectivity index (χ2n) is 7.74. The number of fused-ring (bicyclic) bond motifs is 1. The Morgan fingerprint density at radius 2 is 1.68 bits per heavy atom. The molecule has 1 aromatic carbocycles. The van der Waals surface area contributed by atoms with Crippen molar-refractivity contribution in [1.29, 1.82) is 0 Å². The maximum Gasteiger partial charge on any atom is 0.316 e. The van der Waals surface area contributed by atoms with Gasteiger partial charge in [-0.25, -0.2) is 9.97 Å². The van der Waals surface area contributed by atoms with Crippen LogP contribution in [0.2, 0.25) is 5.02 Å². The fourth-order valence-electron chi connectivity index (χ4n) is 3.96. The number of carbonyl (C=O) groups excluding carboxylic acids is 2. The summed E-state index contributed by atoms with van der Waals surface area (Å²) in [7, 11) is 0. The highest BCUT2D eigenvalue weighted by Gasteiger charge is 2.42. The van der Waals surface area contributed by atoms with Gasteiger partial charge in [0.15, 0.2) is 0 Å². The highest BCUT2D eigenvalue weighted by molar-refractivity contribution is 6.41. The summed E-state index contributed by atoms with van der Waals surface area (Å²) < 4.78 is 0. The van der Waals surface area contributed by atoms with E-state index in [1.54, 1.807) is 28.3 Å². The predicted molar refractivity (Wildman–Crippen MR) is 108 cm³/mol. The first-order valence-corrected chi connectivity index (χ1v) is 9.68. The lowest BCUT2D eigenvalue weighted by atomic mass is 9.87. The summed E-state index contributed by atoms with van der Waals surface area (Å²) in [6.45, 7) is 6.62. The Morgan fingerprint density at radius 3 is 2.36 bits per heavy atom. The van der Waals surface area contributed by atoms with Crippen LogP contribution in [-0.4, -0.2) is 59.4 Å². The molecule has 28 heavy (non-hydrogen) atoms. The molecule has 4 rings (SSSR count). The Balaban J connectivity index is 1.47. The molecule has 1 saturated heterocycles. The third-order valence-electron chi connectivity index (χ3n) is 5.34. The van der Waals surface area contributed by atoms with E-state index in [1.165, 1.54) is 0 Å². The van der Waals surface area contributed by atoms with E-state index in [2.05, 4.69) is 9.97 Å². The van der Waals surface area contributed by atoms with Gasteiger partial charge in [-0.2, -0.15) is 0 Å². The molecule has 0 saturated carbocycles. The van der Waals surface area contributed by atoms with E-state index in [9.17, 15) is 9.59 Å². The van der Waals surface area contributed by atoms with Crippen molar-refractivity contribution < 1.29 is 9.59 Å². The molecule has 0 spiro atoms. The number of hydrogen-bond acceptors (Lipinski definition) is 5. The van der Waals surface area contributed by atoms with E-state index in [0.717, 1.165) is 11.3 Å². The molecular formula is C20H22ClN5O2. The minimum absolute atomic E-state index is 0.299. The van der Waals surface area contributed by atoms with Crippen LogP contribution in [0.1, 0.15) is 19.4 Å². The molecule has 3 heterocycles. The maximum atomic E-state index is 13.0. The minimum atomic E-state index is -0.501. The van der Waals surface area contributed by atoms with Gasteiger partial charge in [-0.15, -0.1) is 0 Å². The van der Waals surface area contributed by atoms with Crippen LogP contribution in [-0.2, 0) is 15.0 Å². The van der Waals surface area contributed by atoms with Crippen molar-refractivity contribution in [2.45, 2.75) is 19.3 Å². The van der Waals surface area contributed by atoms with E-state index in [-0.39, 0.29) is 5.41 Å². The van der Waals surface area contributed by atoms with Gasteiger partial charge in [-0.3, -0.25) is 9.59 Å². The minimum Gasteiger partial charge on any atom is -0.337 e. The predicted octanol–water partition coefficient (Wildman–Crippen LogP) is 2.10. The van der Waals surface area contributed by atoms with Gasteiger partial charge in [0.25, 0.3) is 0 Å². The standard InChI is InChI=1S/C20H22ClN5O2/c1-20(2)13-26(15-6-3-5-14(21)16(15)20)18(28)17(27)24-9-11-25(12-10-24)19-22-7-4-8-23-19/h3-8H,9-13H2,1-2H3. The molecule has 0 radical (unpaired) electrons. The summed E-state index contributed by atoms with van der Waals surface area (Å²) in [5.74, 6) is -0.332. The second kappa shape index (κ2) is 7.05. The van der Waals surface area contributed by atoms with Crippen molar-refractivity contribution in [2.75, 3.05) is 42.5 Å². The highest BCUT2D eigenvalue weighted by atomic mass is 35.5. The Hall–Kier alpha value is -2.67. The van der Waals surface area contributed by atoms with E-state index >= 15 is 0 Å². The van der Waals surface area contributed by atoms with Crippen LogP contribution in [0, 0.1) is 0 Å². The average molecular weight is 400 g/mol. The first-order valence-electron chi connectivity index (χ1n) is 9.30. The smallest absolute Gasteiger partial charge is 0.316 e. The van der Waals surface area contributed by atoms with Gasteiger partial charge in [0.1, 0.15) is 0 Å². The summed E-state index contributed by atoms with van der Waals surface area (Å²) in [6, 6.07) is 7.25. The number of rotatable bonds is 1. The number of piperazine rings is 1. The summed E-state index contributed by atoms with van der Waals surface area (Å²) >= 11 is 6.38. The summed E-state index contributed by atoms with van der Waals surface area (Å²) in [5.41, 5.74) is 1.35. The van der Waals surface area contributed by atoms with Crippen molar-refractivity contribution in [2.24, 2.45) is 0 Å². The SMILES string of the molecule is CC1(C)CN(C(=O)C(=O)N2CCN(c3ncccn3)CC2)c2cccc(Cl)c21. The third-order valence-corrected chi connectivity index (χ3v) is 5.66. The molecule has 2 aromatic rings. The molecule has 2 aliphatic rings. The maximum absolute atomic E-state index is 13.0. The van der Waals surface area contributed by atoms with Crippen molar-refractivity contribution in [3.63, 3.8) is 0 Å². The molecule has 1 fully saturated rings. The number of halogens is 1. The number of anilines is 2. The fraction of sp³-hybridized carbons (Fsp3) is 0.400. The second-order valence-corrected chi connectivity index (χ2v) is 8.14. The summed E-state index contributed by atoms with van der Waals surface area (Å²) in [5, 5.41) is 0.627. The van der Waals surface area contributed by atoms with E-state index in [0.29, 0.717) is 43.7 Å². The Bertz CT molecular complexity index is 910. The number of aromatic nitrogens is 2. The van der Waals surface area contributed by atoms with Gasteiger partial charge in [-0.1, -0.05) is 31.5 Å². The largest absolute Gasteiger partial charge is 0.337 e.